The van der Waals surface area contributed by atoms with Gasteiger partial charge in [-0.3, -0.25) is 14.9 Å². The van der Waals surface area contributed by atoms with Crippen LogP contribution in [0.25, 0.3) is 0 Å². The number of nitro benzene ring substituents is 1. The molecule has 1 rings (SSSR count). The highest BCUT2D eigenvalue weighted by atomic mass is 16.6. The van der Waals surface area contributed by atoms with E-state index in [1.54, 1.807) is 0 Å². The van der Waals surface area contributed by atoms with E-state index in [1.165, 1.54) is 0 Å². The van der Waals surface area contributed by atoms with Crippen molar-refractivity contribution < 1.29 is 20.0 Å². The van der Waals surface area contributed by atoms with E-state index in [2.05, 4.69) is 10.5 Å². The number of hydrogen-bond acceptors (Lipinski definition) is 6. The van der Waals surface area contributed by atoms with Crippen molar-refractivity contribution in [1.29, 1.82) is 0 Å². The Morgan fingerprint density at radius 2 is 2.25 bits per heavy atom. The van der Waals surface area contributed by atoms with E-state index >= 15 is 0 Å². The van der Waals surface area contributed by atoms with Gasteiger partial charge in [-0.1, -0.05) is 5.16 Å². The van der Waals surface area contributed by atoms with Gasteiger partial charge in [-0.25, -0.2) is 0 Å². The quantitative estimate of drug-likeness (QED) is 0.229. The van der Waals surface area contributed by atoms with Crippen LogP contribution in [0.3, 0.4) is 0 Å². The zero-order chi connectivity index (χ0) is 12.1. The average molecular weight is 225 g/mol. The molecule has 0 heterocycles. The lowest BCUT2D eigenvalue weighted by molar-refractivity contribution is -0.384. The van der Waals surface area contributed by atoms with Crippen molar-refractivity contribution in [3.63, 3.8) is 0 Å². The van der Waals surface area contributed by atoms with Gasteiger partial charge in [0.2, 0.25) is 0 Å². The summed E-state index contributed by atoms with van der Waals surface area (Å²) in [5.74, 6) is -1.15. The van der Waals surface area contributed by atoms with Gasteiger partial charge in [0.15, 0.2) is 0 Å². The van der Waals surface area contributed by atoms with Crippen LogP contribution in [0.15, 0.2) is 23.4 Å². The van der Waals surface area contributed by atoms with Crippen LogP contribution >= 0.6 is 0 Å². The Labute approximate surface area is 89.0 Å². The maximum absolute atomic E-state index is 10.9. The molecule has 0 atom stereocenters. The molecule has 0 fully saturated rings. The second kappa shape index (κ2) is 4.73. The van der Waals surface area contributed by atoms with Crippen molar-refractivity contribution in [3.8, 4) is 5.75 Å². The lowest BCUT2D eigenvalue weighted by atomic mass is 10.2. The number of phenolic OH excluding ortho intramolecular Hbond substituents is 1. The first-order valence-corrected chi connectivity index (χ1v) is 4.00. The molecule has 0 aliphatic carbocycles. The van der Waals surface area contributed by atoms with E-state index in [9.17, 15) is 20.0 Å². The molecule has 0 spiro atoms. The molecule has 0 radical (unpaired) electrons. The molecule has 0 aliphatic heterocycles. The number of carbonyl (C=O) groups excluding carboxylic acids is 1. The second-order valence-corrected chi connectivity index (χ2v) is 2.69. The summed E-state index contributed by atoms with van der Waals surface area (Å²) in [5, 5.41) is 32.3. The highest BCUT2D eigenvalue weighted by Gasteiger charge is 2.11. The summed E-state index contributed by atoms with van der Waals surface area (Å²) in [6, 6.07) is 3.15. The van der Waals surface area contributed by atoms with Gasteiger partial charge in [0, 0.05) is 12.1 Å². The first-order chi connectivity index (χ1) is 7.54. The third-order valence-corrected chi connectivity index (χ3v) is 1.62. The van der Waals surface area contributed by atoms with E-state index in [-0.39, 0.29) is 17.1 Å². The van der Waals surface area contributed by atoms with Crippen LogP contribution in [-0.4, -0.2) is 27.4 Å². The van der Waals surface area contributed by atoms with Crippen molar-refractivity contribution in [2.45, 2.75) is 0 Å². The molecule has 0 aliphatic rings. The van der Waals surface area contributed by atoms with Gasteiger partial charge in [0.05, 0.1) is 10.6 Å². The maximum Gasteiger partial charge on any atom is 0.271 e. The molecule has 1 aromatic rings. The number of oxime groups is 1. The molecule has 0 saturated carbocycles. The first kappa shape index (κ1) is 11.4. The van der Waals surface area contributed by atoms with Gasteiger partial charge in [-0.05, 0) is 6.07 Å². The van der Waals surface area contributed by atoms with E-state index in [0.29, 0.717) is 6.21 Å². The molecule has 0 aromatic heterocycles. The zero-order valence-corrected chi connectivity index (χ0v) is 7.82. The lowest BCUT2D eigenvalue weighted by Crippen LogP contribution is -2.12. The minimum Gasteiger partial charge on any atom is -0.506 e. The number of benzene rings is 1. The maximum atomic E-state index is 10.9. The molecule has 0 saturated heterocycles. The number of non-ortho nitro benzene ring substituents is 1. The van der Waals surface area contributed by atoms with Gasteiger partial charge in [0.1, 0.15) is 12.0 Å². The van der Waals surface area contributed by atoms with Crippen LogP contribution in [0.5, 0.6) is 5.75 Å². The number of phenols is 1. The molecule has 1 aromatic carbocycles. The summed E-state index contributed by atoms with van der Waals surface area (Å²) in [5.41, 5.74) is -0.423. The number of carbonyl (C=O) groups is 1. The van der Waals surface area contributed by atoms with Crippen LogP contribution in [0.4, 0.5) is 11.4 Å². The number of hydrogen-bond donors (Lipinski definition) is 3. The topological polar surface area (TPSA) is 125 Å². The number of nitro groups is 1. The van der Waals surface area contributed by atoms with E-state index < -0.39 is 10.8 Å². The predicted octanol–water partition coefficient (Wildman–Crippen LogP) is 0.699. The Bertz CT molecular complexity index is 457. The van der Waals surface area contributed by atoms with Crippen LogP contribution in [0.1, 0.15) is 0 Å². The Hall–Kier alpha value is -2.64. The van der Waals surface area contributed by atoms with Crippen LogP contribution in [-0.2, 0) is 4.79 Å². The standard InChI is InChI=1S/C8H7N3O5/c12-7-2-1-5(11(15)16)3-6(7)10-8(13)4-9-14/h1-4,12,14H,(H,10,13). The fourth-order valence-electron chi connectivity index (χ4n) is 0.955. The highest BCUT2D eigenvalue weighted by molar-refractivity contribution is 6.31. The van der Waals surface area contributed by atoms with Crippen molar-refractivity contribution in [2.24, 2.45) is 5.16 Å². The number of anilines is 1. The number of nitrogens with one attached hydrogen (secondary N) is 1. The zero-order valence-electron chi connectivity index (χ0n) is 7.82. The minimum atomic E-state index is -0.821. The molecule has 8 heteroatoms. The molecule has 0 bridgehead atoms. The van der Waals surface area contributed by atoms with Crippen molar-refractivity contribution in [3.05, 3.63) is 28.3 Å². The van der Waals surface area contributed by atoms with Gasteiger partial charge in [0.25, 0.3) is 11.6 Å². The minimum absolute atomic E-state index is 0.140. The molecule has 84 valence electrons. The fourth-order valence-corrected chi connectivity index (χ4v) is 0.955. The number of nitrogens with zero attached hydrogens (tertiary/aromatic N) is 2. The number of amides is 1. The van der Waals surface area contributed by atoms with Gasteiger partial charge in [-0.15, -0.1) is 0 Å². The van der Waals surface area contributed by atoms with Gasteiger partial charge < -0.3 is 15.6 Å². The Kier molecular flexibility index (Phi) is 3.38. The second-order valence-electron chi connectivity index (χ2n) is 2.69. The normalized spacial score (nSPS) is 10.2. The molecular formula is C8H7N3O5. The summed E-state index contributed by atoms with van der Waals surface area (Å²) < 4.78 is 0. The number of rotatable bonds is 3. The summed E-state index contributed by atoms with van der Waals surface area (Å²) in [7, 11) is 0. The smallest absolute Gasteiger partial charge is 0.271 e. The molecule has 8 nitrogen and oxygen atoms in total. The van der Waals surface area contributed by atoms with E-state index in [1.807, 2.05) is 0 Å². The monoisotopic (exact) mass is 225 g/mol. The highest BCUT2D eigenvalue weighted by Crippen LogP contribution is 2.27. The summed E-state index contributed by atoms with van der Waals surface area (Å²) in [6.07, 6.45) is 0.554. The largest absolute Gasteiger partial charge is 0.506 e. The molecule has 3 N–H and O–H groups in total. The third kappa shape index (κ3) is 2.67. The average Bonchev–Trinajstić information content (AvgIpc) is 2.21. The molecule has 16 heavy (non-hydrogen) atoms. The van der Waals surface area contributed by atoms with Crippen LogP contribution in [0, 0.1) is 10.1 Å². The molecule has 0 unspecified atom stereocenters. The van der Waals surface area contributed by atoms with Crippen molar-refractivity contribution in [2.75, 3.05) is 5.32 Å². The molecule has 1 amide bonds. The van der Waals surface area contributed by atoms with Crippen molar-refractivity contribution in [1.82, 2.24) is 0 Å². The predicted molar refractivity (Wildman–Crippen MR) is 53.7 cm³/mol. The Balaban J connectivity index is 2.98. The fraction of sp³-hybridized carbons (Fsp3) is 0. The Morgan fingerprint density at radius 3 is 2.81 bits per heavy atom. The first-order valence-electron chi connectivity index (χ1n) is 4.00. The SMILES string of the molecule is O=C(C=NO)Nc1cc([N+](=O)[O-])ccc1O. The summed E-state index contributed by atoms with van der Waals surface area (Å²) in [4.78, 5) is 20.7. The van der Waals surface area contributed by atoms with Gasteiger partial charge >= 0.3 is 0 Å². The van der Waals surface area contributed by atoms with Crippen LogP contribution < -0.4 is 5.32 Å². The summed E-state index contributed by atoms with van der Waals surface area (Å²) >= 11 is 0. The third-order valence-electron chi connectivity index (χ3n) is 1.62. The van der Waals surface area contributed by atoms with E-state index in [0.717, 1.165) is 18.2 Å². The number of aromatic hydroxyl groups is 1. The lowest BCUT2D eigenvalue weighted by Gasteiger charge is -2.03. The van der Waals surface area contributed by atoms with Crippen molar-refractivity contribution >= 4 is 23.5 Å². The van der Waals surface area contributed by atoms with E-state index in [4.69, 9.17) is 5.21 Å². The van der Waals surface area contributed by atoms with Gasteiger partial charge in [-0.2, -0.15) is 0 Å². The summed E-state index contributed by atoms with van der Waals surface area (Å²) in [6.45, 7) is 0. The Morgan fingerprint density at radius 1 is 1.56 bits per heavy atom. The van der Waals surface area contributed by atoms with Crippen LogP contribution in [0.2, 0.25) is 0 Å². The molecular weight excluding hydrogens is 218 g/mol.